The van der Waals surface area contributed by atoms with Gasteiger partial charge in [0, 0.05) is 6.42 Å². The SMILES string of the molecule is CC(CN)CCC(=O)Nc1cc(F)ccc1C(=O)O. The van der Waals surface area contributed by atoms with Gasteiger partial charge in [0.1, 0.15) is 5.82 Å². The van der Waals surface area contributed by atoms with Crippen LogP contribution in [-0.4, -0.2) is 23.5 Å². The molecule has 104 valence electrons. The molecular formula is C13H17FN2O3. The van der Waals surface area contributed by atoms with E-state index in [-0.39, 0.29) is 29.5 Å². The number of benzene rings is 1. The van der Waals surface area contributed by atoms with Gasteiger partial charge < -0.3 is 16.2 Å². The molecule has 4 N–H and O–H groups in total. The molecular weight excluding hydrogens is 251 g/mol. The number of aromatic carboxylic acids is 1. The Morgan fingerprint density at radius 1 is 1.47 bits per heavy atom. The molecule has 0 saturated carbocycles. The largest absolute Gasteiger partial charge is 0.478 e. The number of rotatable bonds is 6. The monoisotopic (exact) mass is 268 g/mol. The highest BCUT2D eigenvalue weighted by Crippen LogP contribution is 2.18. The Hall–Kier alpha value is -1.95. The van der Waals surface area contributed by atoms with Gasteiger partial charge in [-0.15, -0.1) is 0 Å². The van der Waals surface area contributed by atoms with Gasteiger partial charge in [0.15, 0.2) is 0 Å². The topological polar surface area (TPSA) is 92.4 Å². The van der Waals surface area contributed by atoms with Crippen molar-refractivity contribution in [3.8, 4) is 0 Å². The third-order valence-corrected chi connectivity index (χ3v) is 2.75. The van der Waals surface area contributed by atoms with Gasteiger partial charge in [-0.05, 0) is 37.1 Å². The van der Waals surface area contributed by atoms with Gasteiger partial charge in [0.25, 0.3) is 0 Å². The van der Waals surface area contributed by atoms with E-state index in [1.165, 1.54) is 0 Å². The van der Waals surface area contributed by atoms with Crippen molar-refractivity contribution < 1.29 is 19.1 Å². The summed E-state index contributed by atoms with van der Waals surface area (Å²) in [6.45, 7) is 2.39. The smallest absolute Gasteiger partial charge is 0.337 e. The van der Waals surface area contributed by atoms with E-state index in [0.717, 1.165) is 18.2 Å². The maximum atomic E-state index is 13.1. The predicted octanol–water partition coefficient (Wildman–Crippen LogP) is 1.84. The minimum Gasteiger partial charge on any atom is -0.478 e. The number of nitrogens with two attached hydrogens (primary N) is 1. The maximum Gasteiger partial charge on any atom is 0.337 e. The molecule has 0 heterocycles. The molecule has 19 heavy (non-hydrogen) atoms. The molecule has 0 saturated heterocycles. The van der Waals surface area contributed by atoms with Crippen LogP contribution in [0.4, 0.5) is 10.1 Å². The molecule has 0 radical (unpaired) electrons. The number of carboxylic acid groups (broad SMARTS) is 1. The van der Waals surface area contributed by atoms with Crippen LogP contribution in [0.2, 0.25) is 0 Å². The average molecular weight is 268 g/mol. The summed E-state index contributed by atoms with van der Waals surface area (Å²) in [7, 11) is 0. The van der Waals surface area contributed by atoms with Crippen LogP contribution in [0.3, 0.4) is 0 Å². The van der Waals surface area contributed by atoms with Crippen LogP contribution >= 0.6 is 0 Å². The Morgan fingerprint density at radius 2 is 2.16 bits per heavy atom. The lowest BCUT2D eigenvalue weighted by Crippen LogP contribution is -2.17. The van der Waals surface area contributed by atoms with Crippen molar-refractivity contribution in [2.24, 2.45) is 11.7 Å². The first kappa shape index (κ1) is 15.1. The summed E-state index contributed by atoms with van der Waals surface area (Å²) in [4.78, 5) is 22.6. The Bertz CT molecular complexity index is 477. The number of hydrogen-bond acceptors (Lipinski definition) is 3. The normalized spacial score (nSPS) is 11.9. The summed E-state index contributed by atoms with van der Waals surface area (Å²) in [6, 6.07) is 3.15. The van der Waals surface area contributed by atoms with Crippen LogP contribution in [0.25, 0.3) is 0 Å². The second-order valence-corrected chi connectivity index (χ2v) is 4.42. The van der Waals surface area contributed by atoms with Crippen LogP contribution < -0.4 is 11.1 Å². The minimum absolute atomic E-state index is 0.0297. The number of carboxylic acids is 1. The molecule has 1 unspecified atom stereocenters. The van der Waals surface area contributed by atoms with Gasteiger partial charge >= 0.3 is 5.97 Å². The third kappa shape index (κ3) is 4.67. The summed E-state index contributed by atoms with van der Waals surface area (Å²) in [6.07, 6.45) is 0.813. The molecule has 5 nitrogen and oxygen atoms in total. The molecule has 1 amide bonds. The molecule has 1 rings (SSSR count). The molecule has 1 aromatic carbocycles. The van der Waals surface area contributed by atoms with E-state index in [1.807, 2.05) is 6.92 Å². The summed E-state index contributed by atoms with van der Waals surface area (Å²) < 4.78 is 13.1. The van der Waals surface area contributed by atoms with E-state index in [1.54, 1.807) is 0 Å². The first-order valence-corrected chi connectivity index (χ1v) is 5.96. The van der Waals surface area contributed by atoms with Crippen LogP contribution in [0.5, 0.6) is 0 Å². The Labute approximate surface area is 110 Å². The fraction of sp³-hybridized carbons (Fsp3) is 0.385. The molecule has 1 aromatic rings. The van der Waals surface area contributed by atoms with Crippen molar-refractivity contribution in [2.75, 3.05) is 11.9 Å². The van der Waals surface area contributed by atoms with Crippen molar-refractivity contribution in [2.45, 2.75) is 19.8 Å². The third-order valence-electron chi connectivity index (χ3n) is 2.75. The Kier molecular flexibility index (Phi) is 5.44. The molecule has 0 aliphatic heterocycles. The Balaban J connectivity index is 2.73. The highest BCUT2D eigenvalue weighted by atomic mass is 19.1. The number of carbonyl (C=O) groups excluding carboxylic acids is 1. The molecule has 0 fully saturated rings. The summed E-state index contributed by atoms with van der Waals surface area (Å²) in [5.74, 6) is -1.97. The van der Waals surface area contributed by atoms with Gasteiger partial charge in [-0.25, -0.2) is 9.18 Å². The van der Waals surface area contributed by atoms with Gasteiger partial charge in [0.2, 0.25) is 5.91 Å². The van der Waals surface area contributed by atoms with Crippen LogP contribution in [-0.2, 0) is 4.79 Å². The van der Waals surface area contributed by atoms with E-state index < -0.39 is 11.8 Å². The Morgan fingerprint density at radius 3 is 2.74 bits per heavy atom. The second kappa shape index (κ2) is 6.84. The molecule has 0 aliphatic rings. The first-order chi connectivity index (χ1) is 8.93. The number of halogens is 1. The average Bonchev–Trinajstić information content (AvgIpc) is 2.35. The van der Waals surface area contributed by atoms with Crippen LogP contribution in [0.15, 0.2) is 18.2 Å². The molecule has 1 atom stereocenters. The highest BCUT2D eigenvalue weighted by molar-refractivity contribution is 6.00. The molecule has 0 bridgehead atoms. The van der Waals surface area contributed by atoms with Gasteiger partial charge in [-0.2, -0.15) is 0 Å². The van der Waals surface area contributed by atoms with Gasteiger partial charge in [-0.1, -0.05) is 6.92 Å². The van der Waals surface area contributed by atoms with Crippen molar-refractivity contribution in [3.05, 3.63) is 29.6 Å². The van der Waals surface area contributed by atoms with E-state index in [4.69, 9.17) is 10.8 Å². The summed E-state index contributed by atoms with van der Waals surface area (Å²) >= 11 is 0. The first-order valence-electron chi connectivity index (χ1n) is 5.96. The van der Waals surface area contributed by atoms with Crippen molar-refractivity contribution in [1.82, 2.24) is 0 Å². The van der Waals surface area contributed by atoms with E-state index >= 15 is 0 Å². The van der Waals surface area contributed by atoms with Crippen molar-refractivity contribution >= 4 is 17.6 Å². The van der Waals surface area contributed by atoms with Crippen molar-refractivity contribution in [1.29, 1.82) is 0 Å². The van der Waals surface area contributed by atoms with E-state index in [9.17, 15) is 14.0 Å². The highest BCUT2D eigenvalue weighted by Gasteiger charge is 2.13. The maximum absolute atomic E-state index is 13.1. The van der Waals surface area contributed by atoms with Gasteiger partial charge in [0.05, 0.1) is 11.3 Å². The summed E-state index contributed by atoms with van der Waals surface area (Å²) in [5, 5.41) is 11.3. The van der Waals surface area contributed by atoms with Crippen LogP contribution in [0.1, 0.15) is 30.1 Å². The zero-order valence-electron chi connectivity index (χ0n) is 10.6. The molecule has 6 heteroatoms. The fourth-order valence-electron chi connectivity index (χ4n) is 1.51. The molecule has 0 aliphatic carbocycles. The van der Waals surface area contributed by atoms with E-state index in [2.05, 4.69) is 5.32 Å². The molecule has 0 aromatic heterocycles. The number of hydrogen-bond donors (Lipinski definition) is 3. The van der Waals surface area contributed by atoms with Gasteiger partial charge in [-0.3, -0.25) is 4.79 Å². The summed E-state index contributed by atoms with van der Waals surface area (Å²) in [5.41, 5.74) is 5.27. The number of amides is 1. The number of nitrogens with one attached hydrogen (secondary N) is 1. The lowest BCUT2D eigenvalue weighted by molar-refractivity contribution is -0.116. The quantitative estimate of drug-likeness (QED) is 0.734. The molecule has 0 spiro atoms. The lowest BCUT2D eigenvalue weighted by Gasteiger charge is -2.10. The lowest BCUT2D eigenvalue weighted by atomic mass is 10.1. The number of anilines is 1. The van der Waals surface area contributed by atoms with Crippen molar-refractivity contribution in [3.63, 3.8) is 0 Å². The predicted molar refractivity (Wildman–Crippen MR) is 69.4 cm³/mol. The fourth-order valence-corrected chi connectivity index (χ4v) is 1.51. The number of carbonyl (C=O) groups is 2. The second-order valence-electron chi connectivity index (χ2n) is 4.42. The zero-order valence-corrected chi connectivity index (χ0v) is 10.6. The minimum atomic E-state index is -1.22. The zero-order chi connectivity index (χ0) is 14.4. The standard InChI is InChI=1S/C13H17FN2O3/c1-8(7-15)2-5-12(17)16-11-6-9(14)3-4-10(11)13(18)19/h3-4,6,8H,2,5,7,15H2,1H3,(H,16,17)(H,18,19). The van der Waals surface area contributed by atoms with E-state index in [0.29, 0.717) is 13.0 Å². The van der Waals surface area contributed by atoms with Crippen LogP contribution in [0, 0.1) is 11.7 Å².